The van der Waals surface area contributed by atoms with Gasteiger partial charge in [0.15, 0.2) is 0 Å². The van der Waals surface area contributed by atoms with Crippen LogP contribution in [0.1, 0.15) is 10.4 Å². The summed E-state index contributed by atoms with van der Waals surface area (Å²) in [6.07, 6.45) is 0. The van der Waals surface area contributed by atoms with Crippen LogP contribution in [0.15, 0.2) is 66.7 Å². The van der Waals surface area contributed by atoms with Crippen LogP contribution in [0.3, 0.4) is 0 Å². The summed E-state index contributed by atoms with van der Waals surface area (Å²) in [6, 6.07) is 19.9. The first-order chi connectivity index (χ1) is 13.1. The summed E-state index contributed by atoms with van der Waals surface area (Å²) in [7, 11) is 3.12. The third-order valence-corrected chi connectivity index (χ3v) is 4.23. The van der Waals surface area contributed by atoms with Crippen molar-refractivity contribution >= 4 is 34.6 Å². The van der Waals surface area contributed by atoms with Gasteiger partial charge in [0.05, 0.1) is 24.8 Å². The average molecular weight is 383 g/mol. The molecule has 0 aliphatic rings. The van der Waals surface area contributed by atoms with Crippen molar-refractivity contribution in [1.29, 1.82) is 0 Å². The van der Waals surface area contributed by atoms with Crippen LogP contribution in [0.2, 0.25) is 5.02 Å². The maximum absolute atomic E-state index is 12.4. The minimum atomic E-state index is -0.227. The molecule has 0 saturated carbocycles. The number of hydrogen-bond acceptors (Lipinski definition) is 4. The zero-order valence-corrected chi connectivity index (χ0v) is 15.7. The summed E-state index contributed by atoms with van der Waals surface area (Å²) in [5, 5.41) is 6.65. The summed E-state index contributed by atoms with van der Waals surface area (Å²) >= 11 is 6.14. The fourth-order valence-electron chi connectivity index (χ4n) is 2.58. The van der Waals surface area contributed by atoms with Gasteiger partial charge in [-0.3, -0.25) is 4.79 Å². The van der Waals surface area contributed by atoms with Gasteiger partial charge in [0, 0.05) is 17.1 Å². The van der Waals surface area contributed by atoms with Crippen molar-refractivity contribution in [2.45, 2.75) is 0 Å². The van der Waals surface area contributed by atoms with Gasteiger partial charge in [0.25, 0.3) is 5.91 Å². The summed E-state index contributed by atoms with van der Waals surface area (Å²) in [4.78, 5) is 12.4. The molecule has 0 aromatic heterocycles. The molecule has 6 heteroatoms. The highest BCUT2D eigenvalue weighted by molar-refractivity contribution is 6.32. The number of anilines is 3. The lowest BCUT2D eigenvalue weighted by Gasteiger charge is -2.11. The Bertz CT molecular complexity index is 942. The van der Waals surface area contributed by atoms with Crippen molar-refractivity contribution in [2.75, 3.05) is 24.9 Å². The summed E-state index contributed by atoms with van der Waals surface area (Å²) < 4.78 is 10.4. The number of carbonyl (C=O) groups is 1. The molecule has 3 aromatic carbocycles. The Balaban J connectivity index is 1.68. The van der Waals surface area contributed by atoms with Crippen molar-refractivity contribution in [2.24, 2.45) is 0 Å². The lowest BCUT2D eigenvalue weighted by Crippen LogP contribution is -2.13. The predicted octanol–water partition coefficient (Wildman–Crippen LogP) is 5.35. The molecule has 0 fully saturated rings. The molecule has 0 unspecified atom stereocenters. The Labute approximate surface area is 162 Å². The van der Waals surface area contributed by atoms with E-state index in [1.54, 1.807) is 37.4 Å². The molecule has 0 bridgehead atoms. The van der Waals surface area contributed by atoms with Gasteiger partial charge in [-0.15, -0.1) is 0 Å². The molecule has 0 heterocycles. The van der Waals surface area contributed by atoms with E-state index in [0.29, 0.717) is 27.8 Å². The lowest BCUT2D eigenvalue weighted by atomic mass is 10.2. The van der Waals surface area contributed by atoms with E-state index in [2.05, 4.69) is 10.6 Å². The Hall–Kier alpha value is -3.18. The van der Waals surface area contributed by atoms with Gasteiger partial charge >= 0.3 is 0 Å². The second-order valence-corrected chi connectivity index (χ2v) is 6.11. The third-order valence-electron chi connectivity index (χ3n) is 3.93. The largest absolute Gasteiger partial charge is 0.496 e. The first-order valence-electron chi connectivity index (χ1n) is 8.25. The minimum Gasteiger partial charge on any atom is -0.496 e. The molecule has 0 radical (unpaired) electrons. The first kappa shape index (κ1) is 18.6. The van der Waals surface area contributed by atoms with E-state index in [-0.39, 0.29) is 5.91 Å². The second kappa shape index (κ2) is 8.47. The molecule has 3 aromatic rings. The van der Waals surface area contributed by atoms with Crippen LogP contribution in [0.25, 0.3) is 0 Å². The molecule has 0 atom stereocenters. The topological polar surface area (TPSA) is 59.6 Å². The van der Waals surface area contributed by atoms with Crippen molar-refractivity contribution in [3.05, 3.63) is 77.3 Å². The van der Waals surface area contributed by atoms with E-state index in [1.165, 1.54) is 7.11 Å². The van der Waals surface area contributed by atoms with Crippen molar-refractivity contribution in [1.82, 2.24) is 0 Å². The Morgan fingerprint density at radius 3 is 2.11 bits per heavy atom. The third kappa shape index (κ3) is 4.51. The summed E-state index contributed by atoms with van der Waals surface area (Å²) in [5.74, 6) is 0.927. The number of amides is 1. The number of benzene rings is 3. The molecule has 0 spiro atoms. The highest BCUT2D eigenvalue weighted by atomic mass is 35.5. The average Bonchev–Trinajstić information content (AvgIpc) is 2.69. The molecule has 27 heavy (non-hydrogen) atoms. The number of rotatable bonds is 6. The molecule has 1 amide bonds. The standard InChI is InChI=1S/C21H19ClN2O3/c1-26-19-6-4-3-5-17(19)21(25)24-15-9-7-14(8-10-15)23-16-11-12-20(27-2)18(22)13-16/h3-13,23H,1-2H3,(H,24,25). The van der Waals surface area contributed by atoms with Gasteiger partial charge in [-0.05, 0) is 54.6 Å². The molecule has 5 nitrogen and oxygen atoms in total. The molecule has 0 aliphatic heterocycles. The minimum absolute atomic E-state index is 0.227. The molecular formula is C21H19ClN2O3. The van der Waals surface area contributed by atoms with Crippen LogP contribution in [0, 0.1) is 0 Å². The highest BCUT2D eigenvalue weighted by Crippen LogP contribution is 2.29. The summed E-state index contributed by atoms with van der Waals surface area (Å²) in [5.41, 5.74) is 2.87. The van der Waals surface area contributed by atoms with E-state index in [1.807, 2.05) is 36.4 Å². The fraction of sp³-hybridized carbons (Fsp3) is 0.0952. The van der Waals surface area contributed by atoms with Gasteiger partial charge in [-0.1, -0.05) is 23.7 Å². The van der Waals surface area contributed by atoms with E-state index in [4.69, 9.17) is 21.1 Å². The predicted molar refractivity (Wildman–Crippen MR) is 109 cm³/mol. The Morgan fingerprint density at radius 1 is 0.815 bits per heavy atom. The van der Waals surface area contributed by atoms with Gasteiger partial charge in [-0.2, -0.15) is 0 Å². The Morgan fingerprint density at radius 2 is 1.44 bits per heavy atom. The zero-order chi connectivity index (χ0) is 19.2. The van der Waals surface area contributed by atoms with Crippen LogP contribution in [-0.4, -0.2) is 20.1 Å². The van der Waals surface area contributed by atoms with Crippen LogP contribution in [0.5, 0.6) is 11.5 Å². The van der Waals surface area contributed by atoms with Crippen LogP contribution in [-0.2, 0) is 0 Å². The number of hydrogen-bond donors (Lipinski definition) is 2. The normalized spacial score (nSPS) is 10.2. The van der Waals surface area contributed by atoms with Crippen LogP contribution < -0.4 is 20.1 Å². The van der Waals surface area contributed by atoms with Crippen LogP contribution in [0.4, 0.5) is 17.1 Å². The smallest absolute Gasteiger partial charge is 0.259 e. The maximum Gasteiger partial charge on any atom is 0.259 e. The number of carbonyl (C=O) groups excluding carboxylic acids is 1. The monoisotopic (exact) mass is 382 g/mol. The SMILES string of the molecule is COc1ccc(Nc2ccc(NC(=O)c3ccccc3OC)cc2)cc1Cl. The molecule has 138 valence electrons. The number of para-hydroxylation sites is 1. The molecular weight excluding hydrogens is 364 g/mol. The lowest BCUT2D eigenvalue weighted by molar-refractivity contribution is 0.102. The Kier molecular flexibility index (Phi) is 5.84. The highest BCUT2D eigenvalue weighted by Gasteiger charge is 2.11. The van der Waals surface area contributed by atoms with E-state index >= 15 is 0 Å². The molecule has 0 aliphatic carbocycles. The number of nitrogens with one attached hydrogen (secondary N) is 2. The van der Waals surface area contributed by atoms with Crippen molar-refractivity contribution < 1.29 is 14.3 Å². The van der Waals surface area contributed by atoms with E-state index in [0.717, 1.165) is 11.4 Å². The summed E-state index contributed by atoms with van der Waals surface area (Å²) in [6.45, 7) is 0. The van der Waals surface area contributed by atoms with E-state index in [9.17, 15) is 4.79 Å². The molecule has 3 rings (SSSR count). The quantitative estimate of drug-likeness (QED) is 0.603. The zero-order valence-electron chi connectivity index (χ0n) is 15.0. The second-order valence-electron chi connectivity index (χ2n) is 5.71. The first-order valence-corrected chi connectivity index (χ1v) is 8.63. The fourth-order valence-corrected chi connectivity index (χ4v) is 2.84. The van der Waals surface area contributed by atoms with Crippen molar-refractivity contribution in [3.63, 3.8) is 0 Å². The number of methoxy groups -OCH3 is 2. The van der Waals surface area contributed by atoms with Crippen LogP contribution >= 0.6 is 11.6 Å². The molecule has 2 N–H and O–H groups in total. The number of halogens is 1. The van der Waals surface area contributed by atoms with E-state index < -0.39 is 0 Å². The van der Waals surface area contributed by atoms with Gasteiger partial charge < -0.3 is 20.1 Å². The van der Waals surface area contributed by atoms with Gasteiger partial charge in [0.1, 0.15) is 11.5 Å². The molecule has 0 saturated heterocycles. The van der Waals surface area contributed by atoms with Gasteiger partial charge in [0.2, 0.25) is 0 Å². The van der Waals surface area contributed by atoms with Crippen molar-refractivity contribution in [3.8, 4) is 11.5 Å². The number of ether oxygens (including phenoxy) is 2. The van der Waals surface area contributed by atoms with Gasteiger partial charge in [-0.25, -0.2) is 0 Å². The maximum atomic E-state index is 12.4.